The highest BCUT2D eigenvalue weighted by atomic mass is 16.3. The lowest BCUT2D eigenvalue weighted by atomic mass is 9.98. The second-order valence-electron chi connectivity index (χ2n) is 11.9. The number of rotatable bonds is 7. The van der Waals surface area contributed by atoms with Crippen LogP contribution in [0.1, 0.15) is 36.0 Å². The fourth-order valence-electron chi connectivity index (χ4n) is 6.58. The Morgan fingerprint density at radius 3 is 2.36 bits per heavy atom. The first-order valence-corrected chi connectivity index (χ1v) is 15.4. The first-order chi connectivity index (χ1) is 21.4. The zero-order chi connectivity index (χ0) is 30.6. The number of hydrazine groups is 1. The van der Waals surface area contributed by atoms with E-state index in [0.717, 1.165) is 35.5 Å². The normalized spacial score (nSPS) is 20.9. The molecular formula is C34H40N6O4. The predicted molar refractivity (Wildman–Crippen MR) is 167 cm³/mol. The van der Waals surface area contributed by atoms with Gasteiger partial charge in [0, 0.05) is 45.3 Å². The Hall–Kier alpha value is -4.57. The summed E-state index contributed by atoms with van der Waals surface area (Å²) in [6.45, 7) is 2.93. The van der Waals surface area contributed by atoms with E-state index in [4.69, 9.17) is 0 Å². The molecule has 3 aromatic rings. The number of piperazine rings is 1. The van der Waals surface area contributed by atoms with Crippen molar-refractivity contribution in [3.8, 4) is 5.75 Å². The predicted octanol–water partition coefficient (Wildman–Crippen LogP) is 3.56. The van der Waals surface area contributed by atoms with Crippen LogP contribution in [0.3, 0.4) is 0 Å². The van der Waals surface area contributed by atoms with E-state index in [9.17, 15) is 19.5 Å². The number of carbonyl (C=O) groups excluding carboxylic acids is 3. The highest BCUT2D eigenvalue weighted by Crippen LogP contribution is 2.30. The maximum Gasteiger partial charge on any atom is 0.334 e. The largest absolute Gasteiger partial charge is 0.508 e. The monoisotopic (exact) mass is 596 g/mol. The van der Waals surface area contributed by atoms with Crippen molar-refractivity contribution in [2.75, 3.05) is 38.1 Å². The van der Waals surface area contributed by atoms with Crippen molar-refractivity contribution in [2.24, 2.45) is 0 Å². The van der Waals surface area contributed by atoms with E-state index in [2.05, 4.69) is 22.3 Å². The number of benzene rings is 3. The van der Waals surface area contributed by atoms with Gasteiger partial charge in [0.05, 0.1) is 13.1 Å². The fraction of sp³-hybridized carbons (Fsp3) is 0.382. The number of aromatic hydroxyl groups is 1. The van der Waals surface area contributed by atoms with Crippen molar-refractivity contribution in [1.29, 1.82) is 0 Å². The molecule has 0 saturated carbocycles. The van der Waals surface area contributed by atoms with E-state index in [1.165, 1.54) is 19.3 Å². The lowest BCUT2D eigenvalue weighted by Crippen LogP contribution is -2.76. The summed E-state index contributed by atoms with van der Waals surface area (Å²) in [5.74, 6) is -0.220. The highest BCUT2D eigenvalue weighted by molar-refractivity contribution is 5.91. The molecular weight excluding hydrogens is 556 g/mol. The average molecular weight is 597 g/mol. The first kappa shape index (κ1) is 29.5. The van der Waals surface area contributed by atoms with E-state index in [0.29, 0.717) is 13.1 Å². The number of amides is 4. The van der Waals surface area contributed by atoms with Gasteiger partial charge in [0.2, 0.25) is 11.8 Å². The summed E-state index contributed by atoms with van der Waals surface area (Å²) in [6.07, 6.45) is 3.20. The molecule has 2 atom stereocenters. The van der Waals surface area contributed by atoms with Gasteiger partial charge in [-0.2, -0.15) is 0 Å². The molecule has 3 saturated heterocycles. The Kier molecular flexibility index (Phi) is 8.70. The Bertz CT molecular complexity index is 1480. The number of nitrogens with zero attached hydrogens (tertiary/aromatic N) is 5. The number of hydrogen-bond donors (Lipinski definition) is 2. The van der Waals surface area contributed by atoms with Crippen LogP contribution in [0.25, 0.3) is 0 Å². The second-order valence-corrected chi connectivity index (χ2v) is 11.9. The minimum atomic E-state index is -0.797. The molecule has 3 heterocycles. The molecule has 0 radical (unpaired) electrons. The first-order valence-electron chi connectivity index (χ1n) is 15.4. The molecule has 3 aliphatic rings. The van der Waals surface area contributed by atoms with Crippen LogP contribution in [0.2, 0.25) is 0 Å². The van der Waals surface area contributed by atoms with E-state index < -0.39 is 12.2 Å². The number of carbonyl (C=O) groups is 3. The number of nitrogens with one attached hydrogen (secondary N) is 1. The van der Waals surface area contributed by atoms with E-state index >= 15 is 0 Å². The third kappa shape index (κ3) is 6.35. The maximum absolute atomic E-state index is 14.2. The molecule has 44 heavy (non-hydrogen) atoms. The zero-order valence-corrected chi connectivity index (χ0v) is 25.1. The third-order valence-corrected chi connectivity index (χ3v) is 8.80. The van der Waals surface area contributed by atoms with Crippen molar-refractivity contribution < 1.29 is 19.5 Å². The molecule has 0 unspecified atom stereocenters. The Morgan fingerprint density at radius 1 is 0.886 bits per heavy atom. The van der Waals surface area contributed by atoms with Crippen LogP contribution in [0.5, 0.6) is 5.75 Å². The molecule has 230 valence electrons. The van der Waals surface area contributed by atoms with Gasteiger partial charge in [0.25, 0.3) is 0 Å². The molecule has 10 nitrogen and oxygen atoms in total. The SMILES string of the molecule is CN1CC(=O)N2[C@@H](Cc3ccc(O)cc3)C(=O)N(Cc3cccc(N4CCCCC4)c3)C[C@@H]2N1C(=O)NCc1ccccc1. The van der Waals surface area contributed by atoms with Crippen molar-refractivity contribution >= 4 is 23.5 Å². The summed E-state index contributed by atoms with van der Waals surface area (Å²) >= 11 is 0. The second kappa shape index (κ2) is 13.0. The van der Waals surface area contributed by atoms with Gasteiger partial charge in [-0.05, 0) is 60.2 Å². The zero-order valence-electron chi connectivity index (χ0n) is 25.1. The van der Waals surface area contributed by atoms with E-state index in [-0.39, 0.29) is 43.1 Å². The molecule has 0 bridgehead atoms. The van der Waals surface area contributed by atoms with E-state index in [1.54, 1.807) is 51.1 Å². The molecule has 6 rings (SSSR count). The number of fused-ring (bicyclic) bond motifs is 1. The number of hydrogen-bond acceptors (Lipinski definition) is 6. The molecule has 3 fully saturated rings. The smallest absolute Gasteiger partial charge is 0.334 e. The van der Waals surface area contributed by atoms with Crippen LogP contribution in [-0.4, -0.2) is 88.2 Å². The van der Waals surface area contributed by atoms with E-state index in [1.807, 2.05) is 42.5 Å². The summed E-state index contributed by atoms with van der Waals surface area (Å²) in [7, 11) is 1.73. The quantitative estimate of drug-likeness (QED) is 0.433. The summed E-state index contributed by atoms with van der Waals surface area (Å²) in [6, 6.07) is 23.6. The van der Waals surface area contributed by atoms with Crippen molar-refractivity contribution in [3.63, 3.8) is 0 Å². The van der Waals surface area contributed by atoms with Crippen molar-refractivity contribution in [2.45, 2.75) is 51.0 Å². The van der Waals surface area contributed by atoms with Gasteiger partial charge in [-0.15, -0.1) is 0 Å². The van der Waals surface area contributed by atoms with Gasteiger partial charge in [0.15, 0.2) is 0 Å². The number of piperidine rings is 1. The van der Waals surface area contributed by atoms with Crippen molar-refractivity contribution in [3.05, 3.63) is 95.6 Å². The number of phenols is 1. The summed E-state index contributed by atoms with van der Waals surface area (Å²) in [5.41, 5.74) is 3.95. The number of likely N-dealkylation sites (N-methyl/N-ethyl adjacent to an activating group) is 1. The van der Waals surface area contributed by atoms with Gasteiger partial charge >= 0.3 is 6.03 Å². The summed E-state index contributed by atoms with van der Waals surface area (Å²) in [4.78, 5) is 47.3. The van der Waals surface area contributed by atoms with Gasteiger partial charge < -0.3 is 25.1 Å². The standard InChI is InChI=1S/C34H40N6O4/c1-36-24-32(42)39-30(20-25-13-15-29(41)16-14-25)33(43)38(22-27-11-8-12-28(19-27)37-17-6-3-7-18-37)23-31(39)40(36)34(44)35-21-26-9-4-2-5-10-26/h2,4-5,8-16,19,30-31,41H,3,6-7,17-18,20-24H2,1H3,(H,35,44)/t30-,31-/m0/s1. The molecule has 10 heteroatoms. The molecule has 2 N–H and O–H groups in total. The Balaban J connectivity index is 1.29. The molecule has 4 amide bonds. The Morgan fingerprint density at radius 2 is 1.61 bits per heavy atom. The fourth-order valence-corrected chi connectivity index (χ4v) is 6.58. The molecule has 0 spiro atoms. The van der Waals surface area contributed by atoms with Gasteiger partial charge in [-0.3, -0.25) is 9.59 Å². The van der Waals surface area contributed by atoms with Gasteiger partial charge in [-0.25, -0.2) is 14.8 Å². The van der Waals surface area contributed by atoms with Crippen LogP contribution in [0.4, 0.5) is 10.5 Å². The lowest BCUT2D eigenvalue weighted by Gasteiger charge is -2.54. The highest BCUT2D eigenvalue weighted by Gasteiger charge is 2.50. The van der Waals surface area contributed by atoms with Gasteiger partial charge in [-0.1, -0.05) is 54.6 Å². The maximum atomic E-state index is 14.2. The molecule has 0 aliphatic carbocycles. The summed E-state index contributed by atoms with van der Waals surface area (Å²) < 4.78 is 0. The third-order valence-electron chi connectivity index (χ3n) is 8.80. The minimum Gasteiger partial charge on any atom is -0.508 e. The van der Waals surface area contributed by atoms with Crippen molar-refractivity contribution in [1.82, 2.24) is 25.1 Å². The van der Waals surface area contributed by atoms with Crippen LogP contribution in [0, 0.1) is 0 Å². The lowest BCUT2D eigenvalue weighted by molar-refractivity contribution is -0.187. The Labute approximate surface area is 258 Å². The summed E-state index contributed by atoms with van der Waals surface area (Å²) in [5, 5.41) is 16.1. The molecule has 3 aliphatic heterocycles. The van der Waals surface area contributed by atoms with Crippen LogP contribution >= 0.6 is 0 Å². The molecule has 3 aromatic carbocycles. The van der Waals surface area contributed by atoms with Crippen LogP contribution in [-0.2, 0) is 29.1 Å². The average Bonchev–Trinajstić information content (AvgIpc) is 3.04. The molecule has 0 aromatic heterocycles. The van der Waals surface area contributed by atoms with Crippen LogP contribution in [0.15, 0.2) is 78.9 Å². The minimum absolute atomic E-state index is 0.0213. The van der Waals surface area contributed by atoms with Gasteiger partial charge in [0.1, 0.15) is 18.0 Å². The van der Waals surface area contributed by atoms with Crippen LogP contribution < -0.4 is 10.2 Å². The number of anilines is 1. The topological polar surface area (TPSA) is 99.7 Å². The number of phenolic OH excluding ortho intramolecular Hbond substituents is 1. The number of urea groups is 1.